The van der Waals surface area contributed by atoms with Gasteiger partial charge in [-0.25, -0.2) is 4.98 Å². The van der Waals surface area contributed by atoms with Gasteiger partial charge < -0.3 is 8.98 Å². The second-order valence-electron chi connectivity index (χ2n) is 12.8. The third kappa shape index (κ3) is 3.90. The van der Waals surface area contributed by atoms with Crippen molar-refractivity contribution in [3.63, 3.8) is 0 Å². The molecule has 0 saturated carbocycles. The standard InChI is InChI=1S/C44H27N5O/c1-4-15-38-32(11-1)33-12-2-5-16-39(33)48(38)31-20-22-41-35(27-31)34-13-3-6-17-40(34)49(41)43-18-8-14-36(45-43)30-10-7-9-28(25-30)29-19-21-37-42(26-29)47-23-24-50-44(47)46-37/h1-27H. The smallest absolute Gasteiger partial charge is 0.306 e. The zero-order valence-electron chi connectivity index (χ0n) is 26.7. The van der Waals surface area contributed by atoms with E-state index in [2.05, 4.69) is 160 Å². The second-order valence-corrected chi connectivity index (χ2v) is 12.8. The molecule has 0 saturated heterocycles. The Morgan fingerprint density at radius 2 is 1.10 bits per heavy atom. The lowest BCUT2D eigenvalue weighted by atomic mass is 10.0. The number of aromatic nitrogens is 5. The van der Waals surface area contributed by atoms with E-state index in [0.29, 0.717) is 5.84 Å². The molecule has 0 radical (unpaired) electrons. The predicted molar refractivity (Wildman–Crippen MR) is 202 cm³/mol. The van der Waals surface area contributed by atoms with Crippen molar-refractivity contribution >= 4 is 60.5 Å². The molecule has 0 unspecified atom stereocenters. The van der Waals surface area contributed by atoms with Crippen molar-refractivity contribution in [2.45, 2.75) is 0 Å². The van der Waals surface area contributed by atoms with Gasteiger partial charge in [-0.05, 0) is 77.9 Å². The molecule has 0 aliphatic rings. The van der Waals surface area contributed by atoms with Crippen LogP contribution in [0.15, 0.2) is 169 Å². The van der Waals surface area contributed by atoms with Crippen LogP contribution in [-0.2, 0) is 0 Å². The molecule has 5 aromatic heterocycles. The maximum absolute atomic E-state index is 5.51. The van der Waals surface area contributed by atoms with Gasteiger partial charge in [0.2, 0.25) is 0 Å². The average molecular weight is 642 g/mol. The molecule has 234 valence electrons. The first-order chi connectivity index (χ1) is 24.8. The Bertz CT molecular complexity index is 3070. The van der Waals surface area contributed by atoms with Crippen molar-refractivity contribution in [1.29, 1.82) is 0 Å². The normalized spacial score (nSPS) is 12.0. The van der Waals surface area contributed by atoms with E-state index in [1.165, 1.54) is 32.6 Å². The minimum Gasteiger partial charge on any atom is -0.432 e. The van der Waals surface area contributed by atoms with Crippen LogP contribution >= 0.6 is 0 Å². The van der Waals surface area contributed by atoms with Crippen molar-refractivity contribution < 1.29 is 4.42 Å². The maximum atomic E-state index is 5.51. The Morgan fingerprint density at radius 3 is 1.90 bits per heavy atom. The van der Waals surface area contributed by atoms with E-state index in [0.717, 1.165) is 56.0 Å². The van der Waals surface area contributed by atoms with Gasteiger partial charge >= 0.3 is 5.84 Å². The van der Waals surface area contributed by atoms with Crippen LogP contribution in [0.4, 0.5) is 0 Å². The first-order valence-electron chi connectivity index (χ1n) is 16.7. The molecule has 5 heterocycles. The van der Waals surface area contributed by atoms with E-state index in [1.807, 2.05) is 16.7 Å². The minimum atomic E-state index is 0.597. The lowest BCUT2D eigenvalue weighted by molar-refractivity contribution is 0.597. The summed E-state index contributed by atoms with van der Waals surface area (Å²) in [6.45, 7) is 0. The van der Waals surface area contributed by atoms with E-state index in [-0.39, 0.29) is 0 Å². The number of hydrogen-bond donors (Lipinski definition) is 0. The van der Waals surface area contributed by atoms with Gasteiger partial charge in [0, 0.05) is 39.0 Å². The fourth-order valence-corrected chi connectivity index (χ4v) is 7.74. The maximum Gasteiger partial charge on any atom is 0.306 e. The number of nitrogens with zero attached hydrogens (tertiary/aromatic N) is 5. The third-order valence-corrected chi connectivity index (χ3v) is 9.99. The first-order valence-corrected chi connectivity index (χ1v) is 16.7. The Labute approximate surface area is 285 Å². The van der Waals surface area contributed by atoms with Gasteiger partial charge in [0.05, 0.1) is 38.8 Å². The Hall–Kier alpha value is -6.92. The van der Waals surface area contributed by atoms with E-state index in [4.69, 9.17) is 9.40 Å². The zero-order valence-corrected chi connectivity index (χ0v) is 26.7. The monoisotopic (exact) mass is 641 g/mol. The van der Waals surface area contributed by atoms with Gasteiger partial charge in [-0.3, -0.25) is 8.97 Å². The summed E-state index contributed by atoms with van der Waals surface area (Å²) in [7, 11) is 0. The van der Waals surface area contributed by atoms with Crippen LogP contribution in [0.2, 0.25) is 0 Å². The summed E-state index contributed by atoms with van der Waals surface area (Å²) in [4.78, 5) is 9.86. The van der Waals surface area contributed by atoms with Gasteiger partial charge in [0.15, 0.2) is 0 Å². The van der Waals surface area contributed by atoms with Gasteiger partial charge in [0.1, 0.15) is 12.1 Å². The fraction of sp³-hybridized carbons (Fsp3) is 0. The lowest BCUT2D eigenvalue weighted by Crippen LogP contribution is -1.99. The third-order valence-electron chi connectivity index (χ3n) is 9.99. The molecule has 11 rings (SSSR count). The van der Waals surface area contributed by atoms with Gasteiger partial charge in [0.25, 0.3) is 0 Å². The quantitative estimate of drug-likeness (QED) is 0.192. The Morgan fingerprint density at radius 1 is 0.440 bits per heavy atom. The van der Waals surface area contributed by atoms with Gasteiger partial charge in [-0.2, -0.15) is 4.98 Å². The minimum absolute atomic E-state index is 0.597. The highest BCUT2D eigenvalue weighted by atomic mass is 16.3. The molecule has 6 nitrogen and oxygen atoms in total. The number of oxazole rings is 1. The average Bonchev–Trinajstić information content (AvgIpc) is 3.94. The van der Waals surface area contributed by atoms with E-state index in [9.17, 15) is 0 Å². The topological polar surface area (TPSA) is 53.2 Å². The molecule has 6 heteroatoms. The van der Waals surface area contributed by atoms with Crippen LogP contribution in [0, 0.1) is 0 Å². The summed E-state index contributed by atoms with van der Waals surface area (Å²) in [5.41, 5.74) is 11.9. The van der Waals surface area contributed by atoms with Crippen molar-refractivity contribution in [3.8, 4) is 33.9 Å². The predicted octanol–water partition coefficient (Wildman–Crippen LogP) is 11.0. The molecule has 0 N–H and O–H groups in total. The van der Waals surface area contributed by atoms with Crippen LogP contribution in [-0.4, -0.2) is 23.5 Å². The van der Waals surface area contributed by atoms with Crippen LogP contribution in [0.25, 0.3) is 94.4 Å². The summed E-state index contributed by atoms with van der Waals surface area (Å²) in [6.07, 6.45) is 3.57. The summed E-state index contributed by atoms with van der Waals surface area (Å²) < 4.78 is 12.2. The molecule has 50 heavy (non-hydrogen) atoms. The highest BCUT2D eigenvalue weighted by molar-refractivity contribution is 6.12. The largest absolute Gasteiger partial charge is 0.432 e. The van der Waals surface area contributed by atoms with Crippen LogP contribution in [0.1, 0.15) is 0 Å². The fourth-order valence-electron chi connectivity index (χ4n) is 7.74. The lowest BCUT2D eigenvalue weighted by Gasteiger charge is -2.11. The van der Waals surface area contributed by atoms with Crippen LogP contribution in [0.5, 0.6) is 0 Å². The zero-order chi connectivity index (χ0) is 32.8. The molecule has 0 atom stereocenters. The van der Waals surface area contributed by atoms with Crippen molar-refractivity contribution in [3.05, 3.63) is 164 Å². The number of benzene rings is 6. The highest BCUT2D eigenvalue weighted by Gasteiger charge is 2.17. The summed E-state index contributed by atoms with van der Waals surface area (Å²) in [5, 5.41) is 4.90. The number of rotatable bonds is 4. The van der Waals surface area contributed by atoms with Crippen molar-refractivity contribution in [2.75, 3.05) is 0 Å². The Balaban J connectivity index is 1.05. The number of para-hydroxylation sites is 3. The molecule has 11 aromatic rings. The molecular weight excluding hydrogens is 615 g/mol. The van der Waals surface area contributed by atoms with Gasteiger partial charge in [-0.15, -0.1) is 0 Å². The van der Waals surface area contributed by atoms with E-state index in [1.54, 1.807) is 6.26 Å². The molecule has 6 aromatic carbocycles. The SMILES string of the molecule is c1cc(-c2ccc3nc4occn4c3c2)cc(-c2cccc(-n3c4ccccc4c4cc(-n5c6ccccc6c6ccccc65)ccc43)n2)c1. The Kier molecular flexibility index (Phi) is 5.57. The van der Waals surface area contributed by atoms with Crippen molar-refractivity contribution in [2.24, 2.45) is 0 Å². The van der Waals surface area contributed by atoms with E-state index < -0.39 is 0 Å². The van der Waals surface area contributed by atoms with Crippen LogP contribution in [0.3, 0.4) is 0 Å². The van der Waals surface area contributed by atoms with Crippen molar-refractivity contribution in [1.82, 2.24) is 23.5 Å². The molecule has 0 aliphatic heterocycles. The van der Waals surface area contributed by atoms with E-state index >= 15 is 0 Å². The van der Waals surface area contributed by atoms with Gasteiger partial charge in [-0.1, -0.05) is 84.9 Å². The molecule has 0 bridgehead atoms. The first kappa shape index (κ1) is 27.1. The second kappa shape index (κ2) is 10.3. The molecule has 0 aliphatic carbocycles. The van der Waals surface area contributed by atoms with Crippen LogP contribution < -0.4 is 0 Å². The summed E-state index contributed by atoms with van der Waals surface area (Å²) >= 11 is 0. The number of hydrogen-bond acceptors (Lipinski definition) is 3. The number of imidazole rings is 1. The summed E-state index contributed by atoms with van der Waals surface area (Å²) in [6, 6.07) is 54.0. The molecule has 0 fully saturated rings. The summed E-state index contributed by atoms with van der Waals surface area (Å²) in [5.74, 6) is 1.48. The molecule has 0 spiro atoms. The number of fused-ring (bicyclic) bond motifs is 9. The molecule has 0 amide bonds. The molecular formula is C44H27N5O. The number of pyridine rings is 1. The highest BCUT2D eigenvalue weighted by Crippen LogP contribution is 2.37.